The van der Waals surface area contributed by atoms with E-state index in [4.69, 9.17) is 14.2 Å². The highest BCUT2D eigenvalue weighted by molar-refractivity contribution is 5.95. The molecule has 32 heavy (non-hydrogen) atoms. The van der Waals surface area contributed by atoms with Crippen molar-refractivity contribution in [1.29, 1.82) is 0 Å². The Morgan fingerprint density at radius 1 is 1.00 bits per heavy atom. The number of rotatable bonds is 8. The number of methoxy groups -OCH3 is 3. The van der Waals surface area contributed by atoms with E-state index in [0.29, 0.717) is 42.6 Å². The number of carbonyl (C=O) groups excluding carboxylic acids is 2. The fraction of sp³-hybridized carbons (Fsp3) is 0.360. The lowest BCUT2D eigenvalue weighted by atomic mass is 9.96. The molecule has 0 atom stereocenters. The van der Waals surface area contributed by atoms with Gasteiger partial charge in [0.05, 0.1) is 21.3 Å². The first-order chi connectivity index (χ1) is 15.5. The molecule has 0 aliphatic carbocycles. The Morgan fingerprint density at radius 2 is 1.75 bits per heavy atom. The molecule has 7 nitrogen and oxygen atoms in total. The minimum absolute atomic E-state index is 0.0188. The third-order valence-electron chi connectivity index (χ3n) is 5.62. The summed E-state index contributed by atoms with van der Waals surface area (Å²) in [7, 11) is 4.73. The first-order valence-electron chi connectivity index (χ1n) is 10.6. The quantitative estimate of drug-likeness (QED) is 0.640. The summed E-state index contributed by atoms with van der Waals surface area (Å²) in [5.41, 5.74) is 1.48. The Kier molecular flexibility index (Phi) is 8.14. The Labute approximate surface area is 189 Å². The number of hydrogen-bond acceptors (Lipinski definition) is 5. The van der Waals surface area contributed by atoms with Crippen molar-refractivity contribution >= 4 is 17.9 Å². The molecule has 0 aromatic heterocycles. The van der Waals surface area contributed by atoms with E-state index in [1.807, 2.05) is 29.2 Å². The SMILES string of the molecule is COc1cccc(/C=C/C(=O)NCC2CCN(C(=O)c3ccc(OC)c(OC)c3)CC2)c1. The van der Waals surface area contributed by atoms with Crippen LogP contribution in [0.5, 0.6) is 17.2 Å². The maximum absolute atomic E-state index is 12.8. The largest absolute Gasteiger partial charge is 0.497 e. The Balaban J connectivity index is 1.46. The summed E-state index contributed by atoms with van der Waals surface area (Å²) in [5, 5.41) is 2.96. The van der Waals surface area contributed by atoms with Gasteiger partial charge >= 0.3 is 0 Å². The van der Waals surface area contributed by atoms with Gasteiger partial charge in [0.15, 0.2) is 11.5 Å². The second-order valence-electron chi connectivity index (χ2n) is 7.66. The van der Waals surface area contributed by atoms with Crippen LogP contribution in [-0.4, -0.2) is 57.7 Å². The van der Waals surface area contributed by atoms with Crippen molar-refractivity contribution in [3.8, 4) is 17.2 Å². The van der Waals surface area contributed by atoms with E-state index in [1.165, 1.54) is 6.08 Å². The Bertz CT molecular complexity index is 965. The topological polar surface area (TPSA) is 77.1 Å². The van der Waals surface area contributed by atoms with E-state index in [-0.39, 0.29) is 11.8 Å². The number of carbonyl (C=O) groups is 2. The summed E-state index contributed by atoms with van der Waals surface area (Å²) >= 11 is 0. The molecule has 3 rings (SSSR count). The molecule has 0 radical (unpaired) electrons. The highest BCUT2D eigenvalue weighted by Crippen LogP contribution is 2.28. The third-order valence-corrected chi connectivity index (χ3v) is 5.62. The highest BCUT2D eigenvalue weighted by atomic mass is 16.5. The lowest BCUT2D eigenvalue weighted by Gasteiger charge is -2.32. The van der Waals surface area contributed by atoms with Gasteiger partial charge in [-0.15, -0.1) is 0 Å². The van der Waals surface area contributed by atoms with Crippen LogP contribution in [0.25, 0.3) is 6.08 Å². The summed E-state index contributed by atoms with van der Waals surface area (Å²) < 4.78 is 15.7. The Morgan fingerprint density at radius 3 is 2.44 bits per heavy atom. The molecule has 2 amide bonds. The fourth-order valence-corrected chi connectivity index (χ4v) is 3.71. The molecule has 1 saturated heterocycles. The van der Waals surface area contributed by atoms with Gasteiger partial charge in [-0.1, -0.05) is 12.1 Å². The number of amides is 2. The van der Waals surface area contributed by atoms with Crippen molar-refractivity contribution in [2.75, 3.05) is 41.0 Å². The minimum atomic E-state index is -0.128. The van der Waals surface area contributed by atoms with E-state index >= 15 is 0 Å². The van der Waals surface area contributed by atoms with E-state index in [9.17, 15) is 9.59 Å². The molecule has 1 fully saturated rings. The monoisotopic (exact) mass is 438 g/mol. The second-order valence-corrected chi connectivity index (χ2v) is 7.66. The number of benzene rings is 2. The molecule has 7 heteroatoms. The average Bonchev–Trinajstić information content (AvgIpc) is 2.85. The fourth-order valence-electron chi connectivity index (χ4n) is 3.71. The molecule has 0 unspecified atom stereocenters. The van der Waals surface area contributed by atoms with E-state index in [1.54, 1.807) is 45.6 Å². The molecule has 1 heterocycles. The number of nitrogens with zero attached hydrogens (tertiary/aromatic N) is 1. The summed E-state index contributed by atoms with van der Waals surface area (Å²) in [5.74, 6) is 2.09. The van der Waals surface area contributed by atoms with Gasteiger partial charge in [-0.25, -0.2) is 0 Å². The smallest absolute Gasteiger partial charge is 0.253 e. The maximum Gasteiger partial charge on any atom is 0.253 e. The first kappa shape index (κ1) is 23.2. The lowest BCUT2D eigenvalue weighted by molar-refractivity contribution is -0.116. The van der Waals surface area contributed by atoms with Gasteiger partial charge in [0.25, 0.3) is 5.91 Å². The second kappa shape index (κ2) is 11.2. The van der Waals surface area contributed by atoms with Crippen molar-refractivity contribution in [2.24, 2.45) is 5.92 Å². The molecular formula is C25H30N2O5. The molecule has 1 aliphatic heterocycles. The summed E-state index contributed by atoms with van der Waals surface area (Å²) in [6.07, 6.45) is 4.99. The van der Waals surface area contributed by atoms with Crippen LogP contribution in [0, 0.1) is 5.92 Å². The predicted molar refractivity (Wildman–Crippen MR) is 123 cm³/mol. The van der Waals surface area contributed by atoms with Crippen molar-refractivity contribution in [3.63, 3.8) is 0 Å². The molecule has 2 aromatic rings. The van der Waals surface area contributed by atoms with Gasteiger partial charge < -0.3 is 24.4 Å². The zero-order chi connectivity index (χ0) is 22.9. The van der Waals surface area contributed by atoms with Crippen LogP contribution < -0.4 is 19.5 Å². The maximum atomic E-state index is 12.8. The number of nitrogens with one attached hydrogen (secondary N) is 1. The zero-order valence-corrected chi connectivity index (χ0v) is 18.8. The average molecular weight is 439 g/mol. The molecule has 0 bridgehead atoms. The van der Waals surface area contributed by atoms with Crippen LogP contribution in [0.15, 0.2) is 48.5 Å². The van der Waals surface area contributed by atoms with Crippen molar-refractivity contribution in [1.82, 2.24) is 10.2 Å². The van der Waals surface area contributed by atoms with Gasteiger partial charge in [-0.3, -0.25) is 9.59 Å². The number of hydrogen-bond donors (Lipinski definition) is 1. The summed E-state index contributed by atoms with van der Waals surface area (Å²) in [4.78, 5) is 26.9. The van der Waals surface area contributed by atoms with Crippen molar-refractivity contribution < 1.29 is 23.8 Å². The standard InChI is InChI=1S/C25H30N2O5/c1-30-21-6-4-5-18(15-21)7-10-24(28)26-17-19-11-13-27(14-12-19)25(29)20-8-9-22(31-2)23(16-20)32-3/h4-10,15-16,19H,11-14,17H2,1-3H3,(H,26,28)/b10-7+. The normalized spacial score (nSPS) is 14.3. The van der Waals surface area contributed by atoms with Crippen molar-refractivity contribution in [2.45, 2.75) is 12.8 Å². The van der Waals surface area contributed by atoms with E-state index in [2.05, 4.69) is 5.32 Å². The highest BCUT2D eigenvalue weighted by Gasteiger charge is 2.24. The first-order valence-corrected chi connectivity index (χ1v) is 10.6. The van der Waals surface area contributed by atoms with Crippen LogP contribution >= 0.6 is 0 Å². The summed E-state index contributed by atoms with van der Waals surface area (Å²) in [6.45, 7) is 1.92. The predicted octanol–water partition coefficient (Wildman–Crippen LogP) is 3.39. The van der Waals surface area contributed by atoms with Gasteiger partial charge in [-0.2, -0.15) is 0 Å². The van der Waals surface area contributed by atoms with E-state index < -0.39 is 0 Å². The van der Waals surface area contributed by atoms with Crippen LogP contribution in [0.2, 0.25) is 0 Å². The summed E-state index contributed by atoms with van der Waals surface area (Å²) in [6, 6.07) is 12.7. The van der Waals surface area contributed by atoms with Crippen LogP contribution in [-0.2, 0) is 4.79 Å². The lowest BCUT2D eigenvalue weighted by Crippen LogP contribution is -2.41. The van der Waals surface area contributed by atoms with Gasteiger partial charge in [0.2, 0.25) is 5.91 Å². The number of piperidine rings is 1. The number of ether oxygens (including phenoxy) is 3. The van der Waals surface area contributed by atoms with Gasteiger partial charge in [0, 0.05) is 31.3 Å². The van der Waals surface area contributed by atoms with Crippen molar-refractivity contribution in [3.05, 3.63) is 59.7 Å². The van der Waals surface area contributed by atoms with Crippen LogP contribution in [0.1, 0.15) is 28.8 Å². The molecule has 2 aromatic carbocycles. The molecule has 170 valence electrons. The molecule has 0 spiro atoms. The molecule has 0 saturated carbocycles. The Hall–Kier alpha value is -3.48. The number of likely N-dealkylation sites (tertiary alicyclic amines) is 1. The van der Waals surface area contributed by atoms with Gasteiger partial charge in [0.1, 0.15) is 5.75 Å². The molecule has 1 N–H and O–H groups in total. The van der Waals surface area contributed by atoms with Crippen LogP contribution in [0.3, 0.4) is 0 Å². The molecular weight excluding hydrogens is 408 g/mol. The minimum Gasteiger partial charge on any atom is -0.497 e. The van der Waals surface area contributed by atoms with E-state index in [0.717, 1.165) is 24.2 Å². The molecule has 1 aliphatic rings. The zero-order valence-electron chi connectivity index (χ0n) is 18.8. The van der Waals surface area contributed by atoms with Gasteiger partial charge in [-0.05, 0) is 60.7 Å². The third kappa shape index (κ3) is 6.03. The van der Waals surface area contributed by atoms with Crippen LogP contribution in [0.4, 0.5) is 0 Å².